The van der Waals surface area contributed by atoms with E-state index in [1.165, 1.54) is 11.8 Å². The number of aliphatic hydroxyl groups excluding tert-OH is 1. The summed E-state index contributed by atoms with van der Waals surface area (Å²) in [6.07, 6.45) is 6.68. The summed E-state index contributed by atoms with van der Waals surface area (Å²) in [7, 11) is 0. The van der Waals surface area contributed by atoms with Crippen molar-refractivity contribution in [3.05, 3.63) is 23.7 Å². The molecule has 0 fully saturated rings. The van der Waals surface area contributed by atoms with Gasteiger partial charge in [0, 0.05) is 6.42 Å². The molecule has 0 spiro atoms. The first kappa shape index (κ1) is 13.1. The van der Waals surface area contributed by atoms with Gasteiger partial charge in [-0.2, -0.15) is 0 Å². The lowest BCUT2D eigenvalue weighted by atomic mass is 10.0. The Hall–Kier alpha value is -0.960. The van der Waals surface area contributed by atoms with Gasteiger partial charge in [0.25, 0.3) is 0 Å². The van der Waals surface area contributed by atoms with E-state index in [4.69, 9.17) is 14.6 Å². The smallest absolute Gasteiger partial charge is 0.240 e. The fourth-order valence-electron chi connectivity index (χ4n) is 1.66. The Morgan fingerprint density at radius 2 is 2.31 bits per heavy atom. The molecule has 1 N–H and O–H groups in total. The zero-order valence-electron chi connectivity index (χ0n) is 10.4. The van der Waals surface area contributed by atoms with E-state index >= 15 is 0 Å². The van der Waals surface area contributed by atoms with Crippen LogP contribution in [0.15, 0.2) is 23.7 Å². The monoisotopic (exact) mass is 226 g/mol. The summed E-state index contributed by atoms with van der Waals surface area (Å²) in [5, 5.41) is 8.84. The van der Waals surface area contributed by atoms with E-state index in [2.05, 4.69) is 26.8 Å². The number of rotatable bonds is 6. The second-order valence-electron chi connectivity index (χ2n) is 4.63. The maximum atomic E-state index is 8.84. The quantitative estimate of drug-likeness (QED) is 0.708. The van der Waals surface area contributed by atoms with Crippen LogP contribution in [0, 0.1) is 5.92 Å². The molecule has 92 valence electrons. The standard InChI is InChI=1S/C13H22O3/c1-10(2)5-4-6-11(3)7-13-15-9-12(8-14)16-13/h5,9,11,13-14H,4,6-8H2,1-3H3/t11-,13?/m0/s1. The molecule has 3 heteroatoms. The van der Waals surface area contributed by atoms with Gasteiger partial charge in [0.2, 0.25) is 6.29 Å². The van der Waals surface area contributed by atoms with Gasteiger partial charge in [-0.3, -0.25) is 0 Å². The number of hydrogen-bond donors (Lipinski definition) is 1. The molecule has 0 saturated carbocycles. The molecule has 2 atom stereocenters. The first-order valence-corrected chi connectivity index (χ1v) is 5.87. The first-order chi connectivity index (χ1) is 7.61. The van der Waals surface area contributed by atoms with E-state index in [0.29, 0.717) is 11.7 Å². The average molecular weight is 226 g/mol. The molecule has 3 nitrogen and oxygen atoms in total. The summed E-state index contributed by atoms with van der Waals surface area (Å²) in [6.45, 7) is 6.35. The summed E-state index contributed by atoms with van der Waals surface area (Å²) < 4.78 is 10.7. The van der Waals surface area contributed by atoms with E-state index in [1.54, 1.807) is 0 Å². The third kappa shape index (κ3) is 4.71. The van der Waals surface area contributed by atoms with Crippen LogP contribution in [0.25, 0.3) is 0 Å². The van der Waals surface area contributed by atoms with E-state index < -0.39 is 0 Å². The van der Waals surface area contributed by atoms with Crippen molar-refractivity contribution in [3.63, 3.8) is 0 Å². The molecule has 1 heterocycles. The summed E-state index contributed by atoms with van der Waals surface area (Å²) in [5.41, 5.74) is 1.37. The molecular formula is C13H22O3. The Morgan fingerprint density at radius 3 is 2.88 bits per heavy atom. The van der Waals surface area contributed by atoms with Crippen LogP contribution >= 0.6 is 0 Å². The third-order valence-electron chi connectivity index (χ3n) is 2.60. The van der Waals surface area contributed by atoms with Crippen LogP contribution in [-0.2, 0) is 9.47 Å². The van der Waals surface area contributed by atoms with Crippen LogP contribution in [-0.4, -0.2) is 18.0 Å². The Balaban J connectivity index is 2.16. The fourth-order valence-corrected chi connectivity index (χ4v) is 1.66. The minimum Gasteiger partial charge on any atom is -0.459 e. The molecule has 0 aromatic heterocycles. The molecule has 1 aliphatic heterocycles. The first-order valence-electron chi connectivity index (χ1n) is 5.87. The van der Waals surface area contributed by atoms with Crippen molar-refractivity contribution in [3.8, 4) is 0 Å². The minimum absolute atomic E-state index is 0.0807. The van der Waals surface area contributed by atoms with E-state index in [-0.39, 0.29) is 12.9 Å². The summed E-state index contributed by atoms with van der Waals surface area (Å²) in [6, 6.07) is 0. The van der Waals surface area contributed by atoms with Crippen molar-refractivity contribution in [2.75, 3.05) is 6.61 Å². The summed E-state index contributed by atoms with van der Waals surface area (Å²) in [4.78, 5) is 0. The Morgan fingerprint density at radius 1 is 1.56 bits per heavy atom. The average Bonchev–Trinajstić information content (AvgIpc) is 2.65. The van der Waals surface area contributed by atoms with Gasteiger partial charge < -0.3 is 14.6 Å². The highest BCUT2D eigenvalue weighted by Gasteiger charge is 2.20. The molecule has 0 saturated heterocycles. The van der Waals surface area contributed by atoms with E-state index in [0.717, 1.165) is 19.3 Å². The molecule has 1 unspecified atom stereocenters. The van der Waals surface area contributed by atoms with Crippen molar-refractivity contribution >= 4 is 0 Å². The van der Waals surface area contributed by atoms with Crippen LogP contribution in [0.4, 0.5) is 0 Å². The highest BCUT2D eigenvalue weighted by molar-refractivity contribution is 4.94. The van der Waals surface area contributed by atoms with Gasteiger partial charge in [0.15, 0.2) is 5.76 Å². The van der Waals surface area contributed by atoms with Gasteiger partial charge in [-0.15, -0.1) is 0 Å². The minimum atomic E-state index is -0.205. The van der Waals surface area contributed by atoms with Crippen LogP contribution in [0.3, 0.4) is 0 Å². The van der Waals surface area contributed by atoms with E-state index in [1.807, 2.05) is 0 Å². The second kappa shape index (κ2) is 6.59. The zero-order chi connectivity index (χ0) is 12.0. The van der Waals surface area contributed by atoms with Gasteiger partial charge >= 0.3 is 0 Å². The van der Waals surface area contributed by atoms with Gasteiger partial charge in [0.1, 0.15) is 12.9 Å². The number of allylic oxidation sites excluding steroid dienone is 2. The predicted octanol–water partition coefficient (Wildman–Crippen LogP) is 2.97. The molecule has 0 aliphatic carbocycles. The van der Waals surface area contributed by atoms with Crippen LogP contribution in [0.1, 0.15) is 40.0 Å². The van der Waals surface area contributed by atoms with Gasteiger partial charge in [0.05, 0.1) is 0 Å². The van der Waals surface area contributed by atoms with Crippen LogP contribution in [0.5, 0.6) is 0 Å². The summed E-state index contributed by atoms with van der Waals surface area (Å²) in [5.74, 6) is 1.09. The Bertz CT molecular complexity index is 264. The molecular weight excluding hydrogens is 204 g/mol. The van der Waals surface area contributed by atoms with Gasteiger partial charge in [-0.1, -0.05) is 18.6 Å². The van der Waals surface area contributed by atoms with Crippen molar-refractivity contribution < 1.29 is 14.6 Å². The molecule has 1 aliphatic rings. The maximum absolute atomic E-state index is 8.84. The molecule has 0 amide bonds. The third-order valence-corrected chi connectivity index (χ3v) is 2.60. The normalized spacial score (nSPS) is 20.8. The number of ether oxygens (including phenoxy) is 2. The lowest BCUT2D eigenvalue weighted by Gasteiger charge is -2.16. The molecule has 1 rings (SSSR count). The highest BCUT2D eigenvalue weighted by Crippen LogP contribution is 2.22. The lowest BCUT2D eigenvalue weighted by molar-refractivity contribution is -0.0513. The van der Waals surface area contributed by atoms with Crippen molar-refractivity contribution in [2.24, 2.45) is 5.92 Å². The Kier molecular flexibility index (Phi) is 5.39. The fraction of sp³-hybridized carbons (Fsp3) is 0.692. The predicted molar refractivity (Wildman–Crippen MR) is 63.6 cm³/mol. The zero-order valence-corrected chi connectivity index (χ0v) is 10.4. The lowest BCUT2D eigenvalue weighted by Crippen LogP contribution is -2.13. The van der Waals surface area contributed by atoms with E-state index in [9.17, 15) is 0 Å². The topological polar surface area (TPSA) is 38.7 Å². The van der Waals surface area contributed by atoms with Gasteiger partial charge in [-0.25, -0.2) is 0 Å². The summed E-state index contributed by atoms with van der Waals surface area (Å²) >= 11 is 0. The maximum Gasteiger partial charge on any atom is 0.240 e. The van der Waals surface area contributed by atoms with Crippen molar-refractivity contribution in [1.29, 1.82) is 0 Å². The molecule has 0 radical (unpaired) electrons. The Labute approximate surface area is 97.8 Å². The van der Waals surface area contributed by atoms with Crippen molar-refractivity contribution in [2.45, 2.75) is 46.3 Å². The van der Waals surface area contributed by atoms with Gasteiger partial charge in [-0.05, 0) is 32.6 Å². The molecule has 0 aromatic rings. The molecule has 0 aromatic carbocycles. The molecule has 16 heavy (non-hydrogen) atoms. The largest absolute Gasteiger partial charge is 0.459 e. The highest BCUT2D eigenvalue weighted by atomic mass is 16.7. The second-order valence-corrected chi connectivity index (χ2v) is 4.63. The SMILES string of the molecule is CC(C)=CCC[C@H](C)CC1OC=C(CO)O1. The number of aliphatic hydroxyl groups is 1. The molecule has 0 bridgehead atoms. The van der Waals surface area contributed by atoms with Crippen LogP contribution < -0.4 is 0 Å². The number of hydrogen-bond acceptors (Lipinski definition) is 3. The van der Waals surface area contributed by atoms with Crippen LogP contribution in [0.2, 0.25) is 0 Å². The van der Waals surface area contributed by atoms with Crippen molar-refractivity contribution in [1.82, 2.24) is 0 Å².